The summed E-state index contributed by atoms with van der Waals surface area (Å²) in [5, 5.41) is 3.88. The lowest BCUT2D eigenvalue weighted by Gasteiger charge is -2.48. The minimum atomic E-state index is 0.370. The Labute approximate surface area is 130 Å². The van der Waals surface area contributed by atoms with Crippen molar-refractivity contribution in [2.45, 2.75) is 77.0 Å². The average molecular weight is 294 g/mol. The van der Waals surface area contributed by atoms with Gasteiger partial charge < -0.3 is 10.1 Å². The summed E-state index contributed by atoms with van der Waals surface area (Å²) in [7, 11) is 0. The molecule has 3 fully saturated rings. The van der Waals surface area contributed by atoms with Crippen LogP contribution in [0.5, 0.6) is 0 Å². The van der Waals surface area contributed by atoms with Gasteiger partial charge in [0.15, 0.2) is 0 Å². The van der Waals surface area contributed by atoms with Crippen molar-refractivity contribution in [1.82, 2.24) is 10.2 Å². The molecule has 2 saturated heterocycles. The minimum absolute atomic E-state index is 0.370. The lowest BCUT2D eigenvalue weighted by atomic mass is 9.88. The summed E-state index contributed by atoms with van der Waals surface area (Å²) in [6.07, 6.45) is 8.53. The monoisotopic (exact) mass is 294 g/mol. The van der Waals surface area contributed by atoms with E-state index in [-0.39, 0.29) is 0 Å². The minimum Gasteiger partial charge on any atom is -0.378 e. The molecule has 3 unspecified atom stereocenters. The molecule has 0 bridgehead atoms. The van der Waals surface area contributed by atoms with Crippen molar-refractivity contribution >= 4 is 0 Å². The van der Waals surface area contributed by atoms with Gasteiger partial charge in [-0.3, -0.25) is 4.90 Å². The van der Waals surface area contributed by atoms with Crippen LogP contribution in [0, 0.1) is 11.8 Å². The van der Waals surface area contributed by atoms with Crippen LogP contribution in [-0.4, -0.2) is 48.8 Å². The average Bonchev–Trinajstić information content (AvgIpc) is 3.18. The Bertz CT molecular complexity index is 336. The van der Waals surface area contributed by atoms with Crippen molar-refractivity contribution in [3.63, 3.8) is 0 Å². The van der Waals surface area contributed by atoms with Gasteiger partial charge in [0.2, 0.25) is 0 Å². The number of rotatable bonds is 6. The first-order valence-corrected chi connectivity index (χ1v) is 9.19. The van der Waals surface area contributed by atoms with Gasteiger partial charge in [-0.15, -0.1) is 0 Å². The second-order valence-corrected chi connectivity index (χ2v) is 8.13. The number of hydrogen-bond acceptors (Lipinski definition) is 3. The Morgan fingerprint density at radius 2 is 2.10 bits per heavy atom. The molecular weight excluding hydrogens is 260 g/mol. The Balaban J connectivity index is 1.52. The Kier molecular flexibility index (Phi) is 4.92. The number of nitrogens with zero attached hydrogens (tertiary/aromatic N) is 1. The molecule has 0 amide bonds. The van der Waals surface area contributed by atoms with E-state index >= 15 is 0 Å². The van der Waals surface area contributed by atoms with Crippen LogP contribution in [0.25, 0.3) is 0 Å². The third kappa shape index (κ3) is 3.80. The highest BCUT2D eigenvalue weighted by molar-refractivity contribution is 5.04. The normalized spacial score (nSPS) is 38.3. The fourth-order valence-corrected chi connectivity index (χ4v) is 4.35. The predicted molar refractivity (Wildman–Crippen MR) is 87.5 cm³/mol. The highest BCUT2D eigenvalue weighted by Gasteiger charge is 2.46. The van der Waals surface area contributed by atoms with Crippen LogP contribution >= 0.6 is 0 Å². The predicted octanol–water partition coefficient (Wildman–Crippen LogP) is 3.04. The summed E-state index contributed by atoms with van der Waals surface area (Å²) in [6.45, 7) is 11.9. The molecule has 2 heterocycles. The van der Waals surface area contributed by atoms with Crippen molar-refractivity contribution in [2.75, 3.05) is 26.2 Å². The van der Waals surface area contributed by atoms with Gasteiger partial charge in [0, 0.05) is 31.3 Å². The van der Waals surface area contributed by atoms with Crippen molar-refractivity contribution in [3.8, 4) is 0 Å². The number of ether oxygens (including phenoxy) is 1. The second-order valence-electron chi connectivity index (χ2n) is 8.13. The van der Waals surface area contributed by atoms with Gasteiger partial charge in [-0.25, -0.2) is 0 Å². The first-order chi connectivity index (χ1) is 10.1. The molecule has 3 heteroatoms. The topological polar surface area (TPSA) is 24.5 Å². The summed E-state index contributed by atoms with van der Waals surface area (Å²) in [5.41, 5.74) is 0.370. The highest BCUT2D eigenvalue weighted by atomic mass is 16.5. The van der Waals surface area contributed by atoms with Crippen LogP contribution in [0.4, 0.5) is 0 Å². The maximum absolute atomic E-state index is 5.77. The van der Waals surface area contributed by atoms with E-state index in [1.807, 2.05) is 0 Å². The van der Waals surface area contributed by atoms with Gasteiger partial charge in [-0.2, -0.15) is 0 Å². The zero-order valence-corrected chi connectivity index (χ0v) is 14.2. The van der Waals surface area contributed by atoms with Gasteiger partial charge in [0.1, 0.15) is 0 Å². The lowest BCUT2D eigenvalue weighted by Crippen LogP contribution is -2.65. The van der Waals surface area contributed by atoms with E-state index in [1.54, 1.807) is 0 Å². The highest BCUT2D eigenvalue weighted by Crippen LogP contribution is 2.41. The van der Waals surface area contributed by atoms with Crippen LogP contribution in [0.3, 0.4) is 0 Å². The first kappa shape index (κ1) is 15.8. The fraction of sp³-hybridized carbons (Fsp3) is 1.00. The smallest absolute Gasteiger partial charge is 0.0576 e. The number of nitrogens with one attached hydrogen (secondary N) is 1. The largest absolute Gasteiger partial charge is 0.378 e. The third-order valence-electron chi connectivity index (χ3n) is 5.96. The van der Waals surface area contributed by atoms with E-state index in [0.717, 1.165) is 18.4 Å². The summed E-state index contributed by atoms with van der Waals surface area (Å²) >= 11 is 0. The quantitative estimate of drug-likeness (QED) is 0.815. The zero-order valence-electron chi connectivity index (χ0n) is 14.2. The van der Waals surface area contributed by atoms with E-state index in [4.69, 9.17) is 4.74 Å². The standard InChI is InChI=1S/C18H34N2O/c1-14(2)17-12-19-18(3,15-8-9-15)13-20(17)10-4-6-16-7-5-11-21-16/h14-17,19H,4-13H2,1-3H3. The SMILES string of the molecule is CC(C)C1CNC(C)(C2CC2)CN1CCCC1CCCO1. The van der Waals surface area contributed by atoms with Gasteiger partial charge in [0.05, 0.1) is 6.10 Å². The maximum atomic E-state index is 5.77. The van der Waals surface area contributed by atoms with Crippen molar-refractivity contribution in [2.24, 2.45) is 11.8 Å². The number of hydrogen-bond donors (Lipinski definition) is 1. The fourth-order valence-electron chi connectivity index (χ4n) is 4.35. The molecule has 1 saturated carbocycles. The van der Waals surface area contributed by atoms with Gasteiger partial charge in [0.25, 0.3) is 0 Å². The molecule has 0 aromatic rings. The van der Waals surface area contributed by atoms with Gasteiger partial charge in [-0.05, 0) is 63.8 Å². The molecular formula is C18H34N2O. The molecule has 0 aromatic carbocycles. The van der Waals surface area contributed by atoms with Crippen molar-refractivity contribution in [3.05, 3.63) is 0 Å². The summed E-state index contributed by atoms with van der Waals surface area (Å²) in [4.78, 5) is 2.79. The molecule has 3 atom stereocenters. The van der Waals surface area contributed by atoms with Crippen LogP contribution in [-0.2, 0) is 4.74 Å². The molecule has 1 aliphatic carbocycles. The molecule has 0 aromatic heterocycles. The summed E-state index contributed by atoms with van der Waals surface area (Å²) in [6, 6.07) is 0.710. The lowest BCUT2D eigenvalue weighted by molar-refractivity contribution is 0.0446. The van der Waals surface area contributed by atoms with E-state index in [2.05, 4.69) is 31.0 Å². The molecule has 2 aliphatic heterocycles. The number of piperazine rings is 1. The van der Waals surface area contributed by atoms with E-state index in [9.17, 15) is 0 Å². The molecule has 122 valence electrons. The van der Waals surface area contributed by atoms with E-state index in [1.165, 1.54) is 58.2 Å². The Morgan fingerprint density at radius 3 is 2.71 bits per heavy atom. The van der Waals surface area contributed by atoms with Crippen LogP contribution < -0.4 is 5.32 Å². The Hall–Kier alpha value is -0.120. The molecule has 3 nitrogen and oxygen atoms in total. The molecule has 0 spiro atoms. The van der Waals surface area contributed by atoms with Gasteiger partial charge >= 0.3 is 0 Å². The first-order valence-electron chi connectivity index (χ1n) is 9.19. The van der Waals surface area contributed by atoms with Gasteiger partial charge in [-0.1, -0.05) is 13.8 Å². The zero-order chi connectivity index (χ0) is 14.9. The van der Waals surface area contributed by atoms with E-state index < -0.39 is 0 Å². The summed E-state index contributed by atoms with van der Waals surface area (Å²) in [5.74, 6) is 1.66. The summed E-state index contributed by atoms with van der Waals surface area (Å²) < 4.78 is 5.77. The Morgan fingerprint density at radius 1 is 1.29 bits per heavy atom. The maximum Gasteiger partial charge on any atom is 0.0576 e. The molecule has 0 radical (unpaired) electrons. The van der Waals surface area contributed by atoms with Crippen molar-refractivity contribution < 1.29 is 4.74 Å². The molecule has 3 rings (SSSR count). The van der Waals surface area contributed by atoms with Crippen LogP contribution in [0.15, 0.2) is 0 Å². The van der Waals surface area contributed by atoms with Crippen molar-refractivity contribution in [1.29, 1.82) is 0 Å². The molecule has 1 N–H and O–H groups in total. The third-order valence-corrected chi connectivity index (χ3v) is 5.96. The van der Waals surface area contributed by atoms with Crippen LogP contribution in [0.1, 0.15) is 59.3 Å². The van der Waals surface area contributed by atoms with Crippen LogP contribution in [0.2, 0.25) is 0 Å². The molecule has 3 aliphatic rings. The second kappa shape index (κ2) is 6.55. The molecule has 21 heavy (non-hydrogen) atoms. The van der Waals surface area contributed by atoms with E-state index in [0.29, 0.717) is 17.7 Å².